The zero-order chi connectivity index (χ0) is 16.7. The molecular weight excluding hydrogens is 304 g/mol. The van der Waals surface area contributed by atoms with Crippen LogP contribution in [0.5, 0.6) is 5.75 Å². The van der Waals surface area contributed by atoms with Crippen LogP contribution in [0.4, 0.5) is 0 Å². The highest BCUT2D eigenvalue weighted by Crippen LogP contribution is 2.31. The SMILES string of the molecule is Cc1ccc(OCc2nc3c([nH]2)C(=O)C(=O)c2ccccc2-3)cc1. The van der Waals surface area contributed by atoms with Gasteiger partial charge >= 0.3 is 0 Å². The number of ketones is 2. The van der Waals surface area contributed by atoms with Crippen LogP contribution in [0.1, 0.15) is 32.2 Å². The van der Waals surface area contributed by atoms with Gasteiger partial charge in [0.05, 0.1) is 0 Å². The molecule has 24 heavy (non-hydrogen) atoms. The molecule has 0 spiro atoms. The lowest BCUT2D eigenvalue weighted by atomic mass is 9.90. The van der Waals surface area contributed by atoms with Gasteiger partial charge in [0.1, 0.15) is 29.6 Å². The molecule has 1 aliphatic carbocycles. The second-order valence-electron chi connectivity index (χ2n) is 5.71. The summed E-state index contributed by atoms with van der Waals surface area (Å²) in [4.78, 5) is 31.8. The van der Waals surface area contributed by atoms with E-state index in [4.69, 9.17) is 4.74 Å². The number of rotatable bonds is 3. The third-order valence-corrected chi connectivity index (χ3v) is 4.01. The number of aromatic nitrogens is 2. The van der Waals surface area contributed by atoms with Gasteiger partial charge in [-0.3, -0.25) is 9.59 Å². The maximum Gasteiger partial charge on any atom is 0.251 e. The van der Waals surface area contributed by atoms with Crippen molar-refractivity contribution in [3.05, 3.63) is 71.2 Å². The third kappa shape index (κ3) is 2.31. The van der Waals surface area contributed by atoms with Crippen molar-refractivity contribution in [1.82, 2.24) is 9.97 Å². The van der Waals surface area contributed by atoms with Crippen molar-refractivity contribution in [2.75, 3.05) is 0 Å². The monoisotopic (exact) mass is 318 g/mol. The Morgan fingerprint density at radius 2 is 1.67 bits per heavy atom. The summed E-state index contributed by atoms with van der Waals surface area (Å²) in [6.45, 7) is 2.20. The number of Topliss-reactive ketones (excluding diaryl/α,β-unsaturated/α-hetero) is 2. The van der Waals surface area contributed by atoms with Crippen molar-refractivity contribution in [3.63, 3.8) is 0 Å². The minimum atomic E-state index is -0.558. The van der Waals surface area contributed by atoms with Gasteiger partial charge in [-0.2, -0.15) is 0 Å². The van der Waals surface area contributed by atoms with Crippen LogP contribution in [0.3, 0.4) is 0 Å². The van der Waals surface area contributed by atoms with Gasteiger partial charge in [0, 0.05) is 11.1 Å². The van der Waals surface area contributed by atoms with Crippen molar-refractivity contribution in [2.24, 2.45) is 0 Å². The van der Waals surface area contributed by atoms with Crippen LogP contribution < -0.4 is 4.74 Å². The molecule has 0 atom stereocenters. The van der Waals surface area contributed by atoms with Crippen LogP contribution in [-0.2, 0) is 6.61 Å². The van der Waals surface area contributed by atoms with Gasteiger partial charge in [-0.15, -0.1) is 0 Å². The summed E-state index contributed by atoms with van der Waals surface area (Å²) < 4.78 is 5.68. The number of aryl methyl sites for hydroxylation is 1. The Labute approximate surface area is 138 Å². The van der Waals surface area contributed by atoms with E-state index in [0.29, 0.717) is 22.6 Å². The molecule has 1 N–H and O–H groups in total. The third-order valence-electron chi connectivity index (χ3n) is 4.01. The average molecular weight is 318 g/mol. The van der Waals surface area contributed by atoms with Crippen LogP contribution in [-0.4, -0.2) is 21.5 Å². The topological polar surface area (TPSA) is 72.0 Å². The standard InChI is InChI=1S/C19H14N2O3/c1-11-6-8-12(9-7-11)24-10-15-20-16-13-4-2-3-5-14(13)18(22)19(23)17(16)21-15/h2-9H,10H2,1H3,(H,20,21). The van der Waals surface area contributed by atoms with Crippen molar-refractivity contribution < 1.29 is 14.3 Å². The first-order valence-corrected chi connectivity index (χ1v) is 7.60. The van der Waals surface area contributed by atoms with E-state index in [0.717, 1.165) is 11.3 Å². The number of carbonyl (C=O) groups is 2. The van der Waals surface area contributed by atoms with Gasteiger partial charge < -0.3 is 9.72 Å². The Morgan fingerprint density at radius 3 is 2.42 bits per heavy atom. The first-order chi connectivity index (χ1) is 11.6. The molecule has 3 aromatic rings. The molecule has 0 saturated carbocycles. The first kappa shape index (κ1) is 14.4. The molecule has 0 fully saturated rings. The normalized spacial score (nSPS) is 12.7. The number of fused-ring (bicyclic) bond motifs is 3. The number of imidazole rings is 1. The number of carbonyl (C=O) groups excluding carboxylic acids is 2. The molecule has 118 valence electrons. The molecule has 0 amide bonds. The number of benzene rings is 2. The van der Waals surface area contributed by atoms with Crippen molar-refractivity contribution >= 4 is 11.6 Å². The molecule has 0 radical (unpaired) electrons. The summed E-state index contributed by atoms with van der Waals surface area (Å²) in [6.07, 6.45) is 0. The fourth-order valence-corrected chi connectivity index (χ4v) is 2.76. The largest absolute Gasteiger partial charge is 0.486 e. The molecule has 2 aromatic carbocycles. The number of hydrogen-bond donors (Lipinski definition) is 1. The molecule has 1 aliphatic rings. The highest BCUT2D eigenvalue weighted by atomic mass is 16.5. The summed E-state index contributed by atoms with van der Waals surface area (Å²) >= 11 is 0. The first-order valence-electron chi connectivity index (χ1n) is 7.60. The molecule has 1 aromatic heterocycles. The van der Waals surface area contributed by atoms with Crippen LogP contribution in [0.15, 0.2) is 48.5 Å². The number of aromatic amines is 1. The van der Waals surface area contributed by atoms with Crippen LogP contribution >= 0.6 is 0 Å². The summed E-state index contributed by atoms with van der Waals surface area (Å²) in [5.41, 5.74) is 2.97. The molecule has 0 bridgehead atoms. The van der Waals surface area contributed by atoms with Crippen LogP contribution in [0, 0.1) is 6.92 Å². The lowest BCUT2D eigenvalue weighted by Gasteiger charge is -2.11. The fourth-order valence-electron chi connectivity index (χ4n) is 2.76. The van der Waals surface area contributed by atoms with Crippen molar-refractivity contribution in [1.29, 1.82) is 0 Å². The van der Waals surface area contributed by atoms with E-state index in [1.165, 1.54) is 0 Å². The Bertz CT molecular complexity index is 955. The fraction of sp³-hybridized carbons (Fsp3) is 0.105. The zero-order valence-corrected chi connectivity index (χ0v) is 13.0. The summed E-state index contributed by atoms with van der Waals surface area (Å²) in [5, 5.41) is 0. The van der Waals surface area contributed by atoms with Gasteiger partial charge in [-0.25, -0.2) is 4.98 Å². The molecule has 1 heterocycles. The Balaban J connectivity index is 1.65. The number of hydrogen-bond acceptors (Lipinski definition) is 4. The predicted molar refractivity (Wildman–Crippen MR) is 88.2 cm³/mol. The number of ether oxygens (including phenoxy) is 1. The van der Waals surface area contributed by atoms with Gasteiger partial charge in [-0.05, 0) is 19.1 Å². The van der Waals surface area contributed by atoms with Gasteiger partial charge in [0.25, 0.3) is 5.78 Å². The second-order valence-corrected chi connectivity index (χ2v) is 5.71. The molecule has 0 aliphatic heterocycles. The number of nitrogens with zero attached hydrogens (tertiary/aromatic N) is 1. The molecule has 4 rings (SSSR count). The summed E-state index contributed by atoms with van der Waals surface area (Å²) in [6, 6.07) is 14.7. The van der Waals surface area contributed by atoms with E-state index in [2.05, 4.69) is 9.97 Å². The quantitative estimate of drug-likeness (QED) is 0.752. The maximum atomic E-state index is 12.2. The van der Waals surface area contributed by atoms with Crippen LogP contribution in [0.2, 0.25) is 0 Å². The van der Waals surface area contributed by atoms with Gasteiger partial charge in [0.15, 0.2) is 0 Å². The molecule has 5 heteroatoms. The van der Waals surface area contributed by atoms with Gasteiger partial charge in [-0.1, -0.05) is 42.0 Å². The highest BCUT2D eigenvalue weighted by Gasteiger charge is 2.33. The minimum Gasteiger partial charge on any atom is -0.486 e. The van der Waals surface area contributed by atoms with E-state index in [1.807, 2.05) is 37.3 Å². The maximum absolute atomic E-state index is 12.2. The molecular formula is C19H14N2O3. The smallest absolute Gasteiger partial charge is 0.251 e. The zero-order valence-electron chi connectivity index (χ0n) is 13.0. The Morgan fingerprint density at radius 1 is 0.958 bits per heavy atom. The van der Waals surface area contributed by atoms with E-state index in [-0.39, 0.29) is 12.3 Å². The lowest BCUT2D eigenvalue weighted by molar-refractivity contribution is 0.0812. The van der Waals surface area contributed by atoms with Crippen LogP contribution in [0.25, 0.3) is 11.3 Å². The van der Waals surface area contributed by atoms with Crippen molar-refractivity contribution in [3.8, 4) is 17.0 Å². The van der Waals surface area contributed by atoms with E-state index in [9.17, 15) is 9.59 Å². The highest BCUT2D eigenvalue weighted by molar-refractivity contribution is 6.52. The van der Waals surface area contributed by atoms with Crippen molar-refractivity contribution in [2.45, 2.75) is 13.5 Å². The summed E-state index contributed by atoms with van der Waals surface area (Å²) in [5.74, 6) is 0.168. The predicted octanol–water partition coefficient (Wildman–Crippen LogP) is 3.34. The average Bonchev–Trinajstić information content (AvgIpc) is 3.04. The molecule has 0 saturated heterocycles. The van der Waals surface area contributed by atoms with E-state index < -0.39 is 11.6 Å². The van der Waals surface area contributed by atoms with E-state index >= 15 is 0 Å². The van der Waals surface area contributed by atoms with Gasteiger partial charge in [0.2, 0.25) is 5.78 Å². The second kappa shape index (κ2) is 5.45. The lowest BCUT2D eigenvalue weighted by Crippen LogP contribution is -2.21. The molecule has 5 nitrogen and oxygen atoms in total. The molecule has 0 unspecified atom stereocenters. The summed E-state index contributed by atoms with van der Waals surface area (Å²) in [7, 11) is 0. The van der Waals surface area contributed by atoms with E-state index in [1.54, 1.807) is 18.2 Å². The Kier molecular flexibility index (Phi) is 3.27. The number of H-pyrrole nitrogens is 1. The Hall–Kier alpha value is -3.21. The number of nitrogens with one attached hydrogen (secondary N) is 1. The minimum absolute atomic E-state index is 0.194.